The quantitative estimate of drug-likeness (QED) is 0.608. The van der Waals surface area contributed by atoms with Crippen LogP contribution in [0.2, 0.25) is 0 Å². The summed E-state index contributed by atoms with van der Waals surface area (Å²) in [7, 11) is 1.72. The van der Waals surface area contributed by atoms with Gasteiger partial charge in [0.05, 0.1) is 12.2 Å². The van der Waals surface area contributed by atoms with E-state index in [1.807, 2.05) is 0 Å². The Labute approximate surface area is 92.4 Å². The Balaban J connectivity index is 2.25. The summed E-state index contributed by atoms with van der Waals surface area (Å²) in [6.07, 6.45) is 3.31. The van der Waals surface area contributed by atoms with Crippen LogP contribution in [0.5, 0.6) is 0 Å². The van der Waals surface area contributed by atoms with Crippen LogP contribution in [0.25, 0.3) is 0 Å². The summed E-state index contributed by atoms with van der Waals surface area (Å²) in [4.78, 5) is 2.40. The molecule has 0 amide bonds. The highest BCUT2D eigenvalue weighted by Crippen LogP contribution is 2.27. The van der Waals surface area contributed by atoms with Crippen molar-refractivity contribution in [2.45, 2.75) is 37.8 Å². The molecule has 1 atom stereocenters. The van der Waals surface area contributed by atoms with Crippen LogP contribution in [0, 0.1) is 0 Å². The molecular formula is C11H24N2O2. The van der Waals surface area contributed by atoms with E-state index >= 15 is 0 Å². The summed E-state index contributed by atoms with van der Waals surface area (Å²) in [5.74, 6) is 0. The van der Waals surface area contributed by atoms with Crippen LogP contribution in [0.1, 0.15) is 26.2 Å². The monoisotopic (exact) mass is 216 g/mol. The largest absolute Gasteiger partial charge is 0.389 e. The first kappa shape index (κ1) is 12.9. The summed E-state index contributed by atoms with van der Waals surface area (Å²) < 4.78 is 5.08. The molecule has 15 heavy (non-hydrogen) atoms. The van der Waals surface area contributed by atoms with Crippen molar-refractivity contribution in [2.24, 2.45) is 5.73 Å². The van der Waals surface area contributed by atoms with Crippen LogP contribution in [0.3, 0.4) is 0 Å². The Morgan fingerprint density at radius 3 is 2.60 bits per heavy atom. The van der Waals surface area contributed by atoms with E-state index in [-0.39, 0.29) is 0 Å². The maximum absolute atomic E-state index is 9.82. The Morgan fingerprint density at radius 1 is 1.47 bits per heavy atom. The van der Waals surface area contributed by atoms with Crippen molar-refractivity contribution in [1.29, 1.82) is 0 Å². The Hall–Kier alpha value is -0.160. The zero-order chi connectivity index (χ0) is 11.3. The third kappa shape index (κ3) is 4.93. The van der Waals surface area contributed by atoms with E-state index in [4.69, 9.17) is 10.5 Å². The minimum absolute atomic E-state index is 0.329. The molecule has 0 aromatic heterocycles. The molecule has 0 spiro atoms. The molecule has 0 bridgehead atoms. The lowest BCUT2D eigenvalue weighted by Crippen LogP contribution is -2.40. The van der Waals surface area contributed by atoms with E-state index in [0.29, 0.717) is 12.6 Å². The standard InChI is InChI=1S/C11H24N2O2/c1-11(14,9-12)5-6-13(7-8-15-2)10-3-4-10/h10,14H,3-9,12H2,1-2H3. The van der Waals surface area contributed by atoms with Crippen molar-refractivity contribution in [3.8, 4) is 0 Å². The highest BCUT2D eigenvalue weighted by Gasteiger charge is 2.30. The van der Waals surface area contributed by atoms with Crippen molar-refractivity contribution >= 4 is 0 Å². The molecule has 1 fully saturated rings. The number of hydrogen-bond acceptors (Lipinski definition) is 4. The summed E-state index contributed by atoms with van der Waals surface area (Å²) in [5, 5.41) is 9.82. The third-order valence-electron chi connectivity index (χ3n) is 3.02. The fourth-order valence-electron chi connectivity index (χ4n) is 1.61. The lowest BCUT2D eigenvalue weighted by molar-refractivity contribution is 0.0425. The zero-order valence-electron chi connectivity index (χ0n) is 9.91. The van der Waals surface area contributed by atoms with E-state index in [1.54, 1.807) is 14.0 Å². The molecular weight excluding hydrogens is 192 g/mol. The first-order valence-electron chi connectivity index (χ1n) is 5.74. The molecule has 4 nitrogen and oxygen atoms in total. The Morgan fingerprint density at radius 2 is 2.13 bits per heavy atom. The minimum atomic E-state index is -0.722. The number of nitrogens with two attached hydrogens (primary N) is 1. The van der Waals surface area contributed by atoms with Gasteiger partial charge in [-0.25, -0.2) is 0 Å². The third-order valence-corrected chi connectivity index (χ3v) is 3.02. The van der Waals surface area contributed by atoms with Gasteiger partial charge in [-0.05, 0) is 26.2 Å². The molecule has 0 heterocycles. The van der Waals surface area contributed by atoms with Crippen LogP contribution in [0.4, 0.5) is 0 Å². The molecule has 3 N–H and O–H groups in total. The fraction of sp³-hybridized carbons (Fsp3) is 1.00. The predicted molar refractivity (Wildman–Crippen MR) is 60.8 cm³/mol. The molecule has 0 aromatic rings. The van der Waals surface area contributed by atoms with Crippen LogP contribution < -0.4 is 5.73 Å². The van der Waals surface area contributed by atoms with Crippen molar-refractivity contribution in [3.05, 3.63) is 0 Å². The van der Waals surface area contributed by atoms with Crippen LogP contribution in [-0.2, 0) is 4.74 Å². The van der Waals surface area contributed by atoms with Gasteiger partial charge in [0.15, 0.2) is 0 Å². The second-order valence-corrected chi connectivity index (χ2v) is 4.71. The van der Waals surface area contributed by atoms with Crippen LogP contribution in [0.15, 0.2) is 0 Å². The van der Waals surface area contributed by atoms with Gasteiger partial charge in [-0.15, -0.1) is 0 Å². The van der Waals surface area contributed by atoms with Crippen LogP contribution >= 0.6 is 0 Å². The van der Waals surface area contributed by atoms with Gasteiger partial charge >= 0.3 is 0 Å². The van der Waals surface area contributed by atoms with Crippen molar-refractivity contribution < 1.29 is 9.84 Å². The highest BCUT2D eigenvalue weighted by molar-refractivity contribution is 4.86. The zero-order valence-corrected chi connectivity index (χ0v) is 9.91. The average Bonchev–Trinajstić information content (AvgIpc) is 3.02. The van der Waals surface area contributed by atoms with E-state index < -0.39 is 5.60 Å². The summed E-state index contributed by atoms with van der Waals surface area (Å²) in [6, 6.07) is 0.716. The summed E-state index contributed by atoms with van der Waals surface area (Å²) in [6.45, 7) is 4.77. The van der Waals surface area contributed by atoms with Gasteiger partial charge < -0.3 is 15.6 Å². The molecule has 1 rings (SSSR count). The number of rotatable bonds is 8. The smallest absolute Gasteiger partial charge is 0.0753 e. The fourth-order valence-corrected chi connectivity index (χ4v) is 1.61. The summed E-state index contributed by atoms with van der Waals surface area (Å²) >= 11 is 0. The van der Waals surface area contributed by atoms with Gasteiger partial charge in [-0.1, -0.05) is 0 Å². The molecule has 0 radical (unpaired) electrons. The van der Waals surface area contributed by atoms with E-state index in [0.717, 1.165) is 26.1 Å². The SMILES string of the molecule is COCCN(CCC(C)(O)CN)C1CC1. The lowest BCUT2D eigenvalue weighted by Gasteiger charge is -2.27. The second-order valence-electron chi connectivity index (χ2n) is 4.71. The maximum Gasteiger partial charge on any atom is 0.0753 e. The molecule has 0 aromatic carbocycles. The summed E-state index contributed by atoms with van der Waals surface area (Å²) in [5.41, 5.74) is 4.77. The minimum Gasteiger partial charge on any atom is -0.389 e. The van der Waals surface area contributed by atoms with Gasteiger partial charge in [0.2, 0.25) is 0 Å². The van der Waals surface area contributed by atoms with E-state index in [1.165, 1.54) is 12.8 Å². The second kappa shape index (κ2) is 5.80. The van der Waals surface area contributed by atoms with Crippen LogP contribution in [-0.4, -0.2) is 55.0 Å². The topological polar surface area (TPSA) is 58.7 Å². The lowest BCUT2D eigenvalue weighted by atomic mass is 10.0. The van der Waals surface area contributed by atoms with E-state index in [2.05, 4.69) is 4.90 Å². The molecule has 1 saturated carbocycles. The van der Waals surface area contributed by atoms with Gasteiger partial charge in [-0.2, -0.15) is 0 Å². The number of methoxy groups -OCH3 is 1. The van der Waals surface area contributed by atoms with Gasteiger partial charge in [0, 0.05) is 32.8 Å². The molecule has 4 heteroatoms. The first-order chi connectivity index (χ1) is 7.09. The predicted octanol–water partition coefficient (Wildman–Crippen LogP) is 0.197. The molecule has 0 aliphatic heterocycles. The van der Waals surface area contributed by atoms with Crippen molar-refractivity contribution in [3.63, 3.8) is 0 Å². The van der Waals surface area contributed by atoms with Gasteiger partial charge in [-0.3, -0.25) is 4.90 Å². The molecule has 1 aliphatic carbocycles. The highest BCUT2D eigenvalue weighted by atomic mass is 16.5. The first-order valence-corrected chi connectivity index (χ1v) is 5.74. The Bertz CT molecular complexity index is 181. The molecule has 1 aliphatic rings. The number of ether oxygens (including phenoxy) is 1. The van der Waals surface area contributed by atoms with Crippen molar-refractivity contribution in [1.82, 2.24) is 4.90 Å². The molecule has 1 unspecified atom stereocenters. The molecule has 90 valence electrons. The number of aliphatic hydroxyl groups is 1. The number of hydrogen-bond donors (Lipinski definition) is 2. The number of nitrogens with zero attached hydrogens (tertiary/aromatic N) is 1. The maximum atomic E-state index is 9.82. The average molecular weight is 216 g/mol. The Kier molecular flexibility index (Phi) is 4.99. The van der Waals surface area contributed by atoms with Crippen molar-refractivity contribution in [2.75, 3.05) is 33.4 Å². The normalized spacial score (nSPS) is 20.6. The molecule has 0 saturated heterocycles. The van der Waals surface area contributed by atoms with E-state index in [9.17, 15) is 5.11 Å². The van der Waals surface area contributed by atoms with Gasteiger partial charge in [0.1, 0.15) is 0 Å². The van der Waals surface area contributed by atoms with Gasteiger partial charge in [0.25, 0.3) is 0 Å².